The molecule has 10 heteroatoms. The van der Waals surface area contributed by atoms with E-state index in [2.05, 4.69) is 37.8 Å². The van der Waals surface area contributed by atoms with Gasteiger partial charge in [0.25, 0.3) is 0 Å². The summed E-state index contributed by atoms with van der Waals surface area (Å²) in [4.78, 5) is 23.8. The monoisotopic (exact) mass is 664 g/mol. The predicted molar refractivity (Wildman–Crippen MR) is 183 cm³/mol. The Bertz CT molecular complexity index is 1430. The van der Waals surface area contributed by atoms with Gasteiger partial charge in [0.1, 0.15) is 62.6 Å². The molecule has 3 aromatic carbocycles. The van der Waals surface area contributed by atoms with Crippen molar-refractivity contribution in [1.82, 2.24) is 0 Å². The second kappa shape index (κ2) is 20.0. The molecule has 0 heterocycles. The summed E-state index contributed by atoms with van der Waals surface area (Å²) >= 11 is 0. The molecule has 0 spiro atoms. The van der Waals surface area contributed by atoms with Gasteiger partial charge in [-0.05, 0) is 55.5 Å². The van der Waals surface area contributed by atoms with Gasteiger partial charge in [-0.25, -0.2) is 4.79 Å². The van der Waals surface area contributed by atoms with Crippen LogP contribution in [0.4, 0.5) is 0 Å². The van der Waals surface area contributed by atoms with Gasteiger partial charge in [-0.1, -0.05) is 62.7 Å². The number of hydrogen-bond donors (Lipinski definition) is 2. The summed E-state index contributed by atoms with van der Waals surface area (Å²) in [5, 5.41) is 18.4. The Morgan fingerprint density at radius 1 is 0.667 bits per heavy atom. The van der Waals surface area contributed by atoms with Crippen LogP contribution < -0.4 is 18.9 Å². The first-order valence-electron chi connectivity index (χ1n) is 16.2. The van der Waals surface area contributed by atoms with E-state index in [1.165, 1.54) is 24.8 Å². The zero-order chi connectivity index (χ0) is 34.8. The van der Waals surface area contributed by atoms with Gasteiger partial charge in [0.05, 0.1) is 24.2 Å². The van der Waals surface area contributed by atoms with Crippen LogP contribution in [0.25, 0.3) is 11.1 Å². The highest BCUT2D eigenvalue weighted by molar-refractivity contribution is 5.87. The number of carbonyl (C=O) groups excluding carboxylic acids is 2. The van der Waals surface area contributed by atoms with Gasteiger partial charge in [0, 0.05) is 18.2 Å². The third-order valence-electron chi connectivity index (χ3n) is 7.28. The molecule has 0 unspecified atom stereocenters. The van der Waals surface area contributed by atoms with Crippen LogP contribution in [-0.2, 0) is 25.5 Å². The first kappa shape index (κ1) is 37.9. The van der Waals surface area contributed by atoms with E-state index in [-0.39, 0.29) is 51.8 Å². The van der Waals surface area contributed by atoms with Crippen LogP contribution in [0.5, 0.6) is 23.0 Å². The first-order valence-corrected chi connectivity index (χ1v) is 16.2. The number of ether oxygens (including phenoxy) is 6. The van der Waals surface area contributed by atoms with E-state index >= 15 is 0 Å². The number of aryl methyl sites for hydroxylation is 1. The Kier molecular flexibility index (Phi) is 15.8. The molecule has 0 fully saturated rings. The number of rotatable bonds is 22. The quantitative estimate of drug-likeness (QED) is 0.0755. The van der Waals surface area contributed by atoms with Crippen molar-refractivity contribution in [2.45, 2.75) is 46.5 Å². The van der Waals surface area contributed by atoms with Crippen molar-refractivity contribution in [3.05, 3.63) is 84.4 Å². The Morgan fingerprint density at radius 2 is 1.15 bits per heavy atom. The lowest BCUT2D eigenvalue weighted by Gasteiger charge is -2.19. The van der Waals surface area contributed by atoms with Crippen LogP contribution >= 0.6 is 0 Å². The highest BCUT2D eigenvalue weighted by Crippen LogP contribution is 2.29. The number of aliphatic hydroxyl groups is 2. The maximum Gasteiger partial charge on any atom is 0.335 e. The van der Waals surface area contributed by atoms with Crippen molar-refractivity contribution in [3.63, 3.8) is 0 Å². The van der Waals surface area contributed by atoms with Crippen LogP contribution in [0.1, 0.15) is 45.6 Å². The molecule has 2 N–H and O–H groups in total. The smallest absolute Gasteiger partial charge is 0.335 e. The molecular formula is C38H48O10. The summed E-state index contributed by atoms with van der Waals surface area (Å²) in [6, 6.07) is 21.6. The van der Waals surface area contributed by atoms with Gasteiger partial charge in [0.2, 0.25) is 0 Å². The van der Waals surface area contributed by atoms with Gasteiger partial charge in [-0.15, -0.1) is 0 Å². The first-order chi connectivity index (χ1) is 23.1. The summed E-state index contributed by atoms with van der Waals surface area (Å²) in [6.07, 6.45) is 4.79. The molecule has 0 aromatic heterocycles. The van der Waals surface area contributed by atoms with Crippen molar-refractivity contribution in [2.24, 2.45) is 5.41 Å². The molecule has 3 rings (SSSR count). The fourth-order valence-corrected chi connectivity index (χ4v) is 4.32. The lowest BCUT2D eigenvalue weighted by molar-refractivity contribution is -0.156. The van der Waals surface area contributed by atoms with Crippen molar-refractivity contribution in [1.29, 1.82) is 0 Å². The highest BCUT2D eigenvalue weighted by atomic mass is 16.6. The Labute approximate surface area is 283 Å². The molecular weight excluding hydrogens is 616 g/mol. The normalized spacial score (nSPS) is 11.0. The maximum absolute atomic E-state index is 12.1. The van der Waals surface area contributed by atoms with Crippen molar-refractivity contribution >= 4 is 11.9 Å². The van der Waals surface area contributed by atoms with Crippen LogP contribution in [0.3, 0.4) is 0 Å². The molecule has 0 atom stereocenters. The average molecular weight is 665 g/mol. The lowest BCUT2D eigenvalue weighted by Crippen LogP contribution is -2.31. The topological polar surface area (TPSA) is 130 Å². The largest absolute Gasteiger partial charge is 0.490 e. The fourth-order valence-electron chi connectivity index (χ4n) is 4.32. The molecule has 0 saturated heterocycles. The van der Waals surface area contributed by atoms with Gasteiger partial charge in [-0.3, -0.25) is 4.79 Å². The van der Waals surface area contributed by atoms with E-state index in [4.69, 9.17) is 33.5 Å². The standard InChI is InChI=1S/C38H48O10/c1-5-6-7-8-29-9-11-30(12-10-29)31-13-15-32(16-14-31)43-17-18-44-33-23-34(45-19-21-47-36(41)28(2)26-39)25-35(24-33)46-20-22-48-37(42)38(3,4)27-40/h9-16,23-25,39-40H,2,5-8,17-22,26-27H2,1,3-4H3. The minimum Gasteiger partial charge on any atom is -0.490 e. The summed E-state index contributed by atoms with van der Waals surface area (Å²) in [5.74, 6) is 0.720. The molecule has 10 nitrogen and oxygen atoms in total. The molecule has 0 aliphatic carbocycles. The van der Waals surface area contributed by atoms with E-state index in [1.807, 2.05) is 24.3 Å². The Morgan fingerprint density at radius 3 is 1.65 bits per heavy atom. The molecule has 0 saturated carbocycles. The maximum atomic E-state index is 12.1. The third-order valence-corrected chi connectivity index (χ3v) is 7.28. The highest BCUT2D eigenvalue weighted by Gasteiger charge is 2.28. The van der Waals surface area contributed by atoms with E-state index < -0.39 is 24.0 Å². The van der Waals surface area contributed by atoms with E-state index in [0.717, 1.165) is 23.3 Å². The second-order valence-electron chi connectivity index (χ2n) is 11.8. The van der Waals surface area contributed by atoms with Crippen LogP contribution in [0.15, 0.2) is 78.9 Å². The van der Waals surface area contributed by atoms with E-state index in [1.54, 1.807) is 32.0 Å². The molecule has 48 heavy (non-hydrogen) atoms. The lowest BCUT2D eigenvalue weighted by atomic mass is 9.95. The van der Waals surface area contributed by atoms with Crippen LogP contribution in [0, 0.1) is 5.41 Å². The number of carbonyl (C=O) groups is 2. The summed E-state index contributed by atoms with van der Waals surface area (Å²) < 4.78 is 33.5. The number of benzene rings is 3. The van der Waals surface area contributed by atoms with Crippen molar-refractivity contribution < 1.29 is 48.2 Å². The number of esters is 2. The number of unbranched alkanes of at least 4 members (excludes halogenated alkanes) is 2. The number of hydrogen-bond acceptors (Lipinski definition) is 10. The minimum atomic E-state index is -1.01. The predicted octanol–water partition coefficient (Wildman–Crippen LogP) is 5.96. The average Bonchev–Trinajstić information content (AvgIpc) is 3.10. The van der Waals surface area contributed by atoms with E-state index in [9.17, 15) is 14.7 Å². The second-order valence-corrected chi connectivity index (χ2v) is 11.8. The molecule has 0 radical (unpaired) electrons. The Balaban J connectivity index is 1.53. The summed E-state index contributed by atoms with van der Waals surface area (Å²) in [6.45, 7) is 8.52. The van der Waals surface area contributed by atoms with Gasteiger partial charge >= 0.3 is 11.9 Å². The van der Waals surface area contributed by atoms with Gasteiger partial charge < -0.3 is 38.6 Å². The van der Waals surface area contributed by atoms with Crippen LogP contribution in [-0.4, -0.2) is 75.0 Å². The molecule has 3 aromatic rings. The molecule has 0 amide bonds. The fraction of sp³-hybridized carbons (Fsp3) is 0.421. The van der Waals surface area contributed by atoms with E-state index in [0.29, 0.717) is 17.2 Å². The summed E-state index contributed by atoms with van der Waals surface area (Å²) in [7, 11) is 0. The molecule has 0 bridgehead atoms. The summed E-state index contributed by atoms with van der Waals surface area (Å²) in [5.41, 5.74) is 2.57. The molecule has 0 aliphatic rings. The van der Waals surface area contributed by atoms with Crippen molar-refractivity contribution in [2.75, 3.05) is 52.9 Å². The zero-order valence-corrected chi connectivity index (χ0v) is 28.2. The molecule has 0 aliphatic heterocycles. The SMILES string of the molecule is C=C(CO)C(=O)OCCOc1cc(OCCOC(=O)C(C)(C)CO)cc(OCCOc2ccc(-c3ccc(CCCCC)cc3)cc2)c1. The molecule has 260 valence electrons. The van der Waals surface area contributed by atoms with Gasteiger partial charge in [-0.2, -0.15) is 0 Å². The van der Waals surface area contributed by atoms with Gasteiger partial charge in [0.15, 0.2) is 0 Å². The Hall–Kier alpha value is -4.54. The van der Waals surface area contributed by atoms with Crippen LogP contribution in [0.2, 0.25) is 0 Å². The third kappa shape index (κ3) is 12.9. The number of aliphatic hydroxyl groups excluding tert-OH is 2. The zero-order valence-electron chi connectivity index (χ0n) is 28.2. The van der Waals surface area contributed by atoms with Crippen molar-refractivity contribution in [3.8, 4) is 34.1 Å². The minimum absolute atomic E-state index is 0.0226.